The first kappa shape index (κ1) is 18.2. The molecule has 2 aromatic rings. The van der Waals surface area contributed by atoms with Crippen LogP contribution in [0.4, 0.5) is 5.69 Å². The largest absolute Gasteiger partial charge is 0.297 e. The summed E-state index contributed by atoms with van der Waals surface area (Å²) in [5, 5.41) is 0.587. The Balaban J connectivity index is 1.38. The summed E-state index contributed by atoms with van der Waals surface area (Å²) in [4.78, 5) is 31.2. The summed E-state index contributed by atoms with van der Waals surface area (Å²) in [6.45, 7) is 4.31. The number of anilines is 1. The Hall–Kier alpha value is -2.21. The zero-order chi connectivity index (χ0) is 18.8. The number of rotatable bonds is 4. The van der Waals surface area contributed by atoms with Crippen LogP contribution in [0.3, 0.4) is 0 Å². The summed E-state index contributed by atoms with van der Waals surface area (Å²) < 4.78 is 0. The van der Waals surface area contributed by atoms with E-state index in [-0.39, 0.29) is 24.3 Å². The number of carbonyl (C=O) groups excluding carboxylic acids is 2. The molecule has 27 heavy (non-hydrogen) atoms. The minimum atomic E-state index is -0.355. The molecule has 4 rings (SSSR count). The van der Waals surface area contributed by atoms with Crippen LogP contribution in [0.5, 0.6) is 0 Å². The van der Waals surface area contributed by atoms with Crippen LogP contribution in [-0.2, 0) is 16.1 Å². The monoisotopic (exact) mass is 383 g/mol. The molecule has 2 aliphatic heterocycles. The first-order valence-corrected chi connectivity index (χ1v) is 9.62. The number of hydrogen-bond donors (Lipinski definition) is 0. The van der Waals surface area contributed by atoms with Gasteiger partial charge in [-0.05, 0) is 29.8 Å². The van der Waals surface area contributed by atoms with Crippen molar-refractivity contribution in [3.8, 4) is 0 Å². The van der Waals surface area contributed by atoms with Crippen molar-refractivity contribution in [2.45, 2.75) is 19.0 Å². The van der Waals surface area contributed by atoms with Crippen LogP contribution in [0, 0.1) is 0 Å². The van der Waals surface area contributed by atoms with Gasteiger partial charge >= 0.3 is 0 Å². The lowest BCUT2D eigenvalue weighted by Gasteiger charge is -2.37. The van der Waals surface area contributed by atoms with Crippen LogP contribution < -0.4 is 4.90 Å². The third-order valence-electron chi connectivity index (χ3n) is 5.30. The molecule has 2 aliphatic rings. The van der Waals surface area contributed by atoms with E-state index in [0.717, 1.165) is 32.7 Å². The molecule has 0 spiro atoms. The van der Waals surface area contributed by atoms with Gasteiger partial charge < -0.3 is 0 Å². The lowest BCUT2D eigenvalue weighted by atomic mass is 10.1. The van der Waals surface area contributed by atoms with Crippen LogP contribution in [0.2, 0.25) is 5.02 Å². The molecule has 2 fully saturated rings. The minimum absolute atomic E-state index is 0.126. The average Bonchev–Trinajstić information content (AvgIpc) is 2.98. The molecule has 2 saturated heterocycles. The molecule has 2 aromatic carbocycles. The second-order valence-electron chi connectivity index (χ2n) is 7.06. The summed E-state index contributed by atoms with van der Waals surface area (Å²) in [6.07, 6.45) is 0.250. The molecule has 0 aliphatic carbocycles. The lowest BCUT2D eigenvalue weighted by Crippen LogP contribution is -2.52. The zero-order valence-corrected chi connectivity index (χ0v) is 15.8. The molecule has 2 heterocycles. The fourth-order valence-electron chi connectivity index (χ4n) is 3.84. The van der Waals surface area contributed by atoms with Gasteiger partial charge in [-0.1, -0.05) is 41.9 Å². The minimum Gasteiger partial charge on any atom is -0.297 e. The molecule has 0 unspecified atom stereocenters. The van der Waals surface area contributed by atoms with Gasteiger partial charge in [-0.2, -0.15) is 0 Å². The standard InChI is InChI=1S/C21H22ClN3O2/c22-17-6-8-18(9-7-17)25-20(26)14-19(21(25)27)24-12-10-23(11-13-24)15-16-4-2-1-3-5-16/h1-9,19H,10-15H2/t19-/m0/s1. The molecule has 5 nitrogen and oxygen atoms in total. The predicted molar refractivity (Wildman–Crippen MR) is 106 cm³/mol. The number of benzene rings is 2. The number of imide groups is 1. The van der Waals surface area contributed by atoms with Crippen molar-refractivity contribution in [1.29, 1.82) is 0 Å². The van der Waals surface area contributed by atoms with Crippen LogP contribution in [0.25, 0.3) is 0 Å². The first-order chi connectivity index (χ1) is 13.1. The van der Waals surface area contributed by atoms with Gasteiger partial charge in [0.25, 0.3) is 5.91 Å². The number of nitrogens with zero attached hydrogens (tertiary/aromatic N) is 3. The van der Waals surface area contributed by atoms with E-state index in [2.05, 4.69) is 34.1 Å². The van der Waals surface area contributed by atoms with Crippen molar-refractivity contribution in [3.05, 3.63) is 65.2 Å². The molecular weight excluding hydrogens is 362 g/mol. The summed E-state index contributed by atoms with van der Waals surface area (Å²) in [6, 6.07) is 16.9. The van der Waals surface area contributed by atoms with E-state index >= 15 is 0 Å². The maximum atomic E-state index is 12.9. The molecule has 6 heteroatoms. The molecule has 0 saturated carbocycles. The van der Waals surface area contributed by atoms with Crippen molar-refractivity contribution in [2.75, 3.05) is 31.1 Å². The van der Waals surface area contributed by atoms with Gasteiger partial charge in [0.05, 0.1) is 18.2 Å². The molecule has 140 valence electrons. The topological polar surface area (TPSA) is 43.9 Å². The quantitative estimate of drug-likeness (QED) is 0.761. The Morgan fingerprint density at radius 1 is 0.889 bits per heavy atom. The van der Waals surface area contributed by atoms with E-state index in [9.17, 15) is 9.59 Å². The number of carbonyl (C=O) groups is 2. The smallest absolute Gasteiger partial charge is 0.251 e. The highest BCUT2D eigenvalue weighted by atomic mass is 35.5. The van der Waals surface area contributed by atoms with Gasteiger partial charge in [0.1, 0.15) is 0 Å². The van der Waals surface area contributed by atoms with E-state index in [1.807, 2.05) is 6.07 Å². The number of amides is 2. The van der Waals surface area contributed by atoms with Crippen LogP contribution in [0.15, 0.2) is 54.6 Å². The van der Waals surface area contributed by atoms with Crippen molar-refractivity contribution in [2.24, 2.45) is 0 Å². The summed E-state index contributed by atoms with van der Waals surface area (Å²) in [7, 11) is 0. The van der Waals surface area contributed by atoms with Crippen molar-refractivity contribution >= 4 is 29.1 Å². The fraction of sp³-hybridized carbons (Fsp3) is 0.333. The normalized spacial score (nSPS) is 21.8. The third kappa shape index (κ3) is 3.90. The molecule has 0 N–H and O–H groups in total. The van der Waals surface area contributed by atoms with Crippen molar-refractivity contribution in [3.63, 3.8) is 0 Å². The molecular formula is C21H22ClN3O2. The Labute approximate surface area is 164 Å². The second kappa shape index (κ2) is 7.80. The Morgan fingerprint density at radius 3 is 2.22 bits per heavy atom. The number of piperazine rings is 1. The fourth-order valence-corrected chi connectivity index (χ4v) is 3.96. The second-order valence-corrected chi connectivity index (χ2v) is 7.50. The van der Waals surface area contributed by atoms with Gasteiger partial charge in [0.2, 0.25) is 5.91 Å². The maximum Gasteiger partial charge on any atom is 0.251 e. The van der Waals surface area contributed by atoms with Crippen molar-refractivity contribution in [1.82, 2.24) is 9.80 Å². The highest BCUT2D eigenvalue weighted by molar-refractivity contribution is 6.30. The van der Waals surface area contributed by atoms with Crippen LogP contribution in [-0.4, -0.2) is 53.8 Å². The number of hydrogen-bond acceptors (Lipinski definition) is 4. The number of halogens is 1. The van der Waals surface area contributed by atoms with E-state index in [4.69, 9.17) is 11.6 Å². The van der Waals surface area contributed by atoms with E-state index < -0.39 is 0 Å². The molecule has 1 atom stereocenters. The van der Waals surface area contributed by atoms with Crippen LogP contribution >= 0.6 is 11.6 Å². The molecule has 0 bridgehead atoms. The SMILES string of the molecule is O=C1C[C@H](N2CCN(Cc3ccccc3)CC2)C(=O)N1c1ccc(Cl)cc1. The predicted octanol–water partition coefficient (Wildman–Crippen LogP) is 2.79. The highest BCUT2D eigenvalue weighted by Gasteiger charge is 2.43. The first-order valence-electron chi connectivity index (χ1n) is 9.24. The van der Waals surface area contributed by atoms with Gasteiger partial charge in [0, 0.05) is 37.7 Å². The molecule has 2 amide bonds. The zero-order valence-electron chi connectivity index (χ0n) is 15.1. The molecule has 0 radical (unpaired) electrons. The summed E-state index contributed by atoms with van der Waals surface area (Å²) >= 11 is 5.91. The Kier molecular flexibility index (Phi) is 5.25. The van der Waals surface area contributed by atoms with Crippen molar-refractivity contribution < 1.29 is 9.59 Å². The van der Waals surface area contributed by atoms with Gasteiger partial charge in [-0.25, -0.2) is 4.90 Å². The summed E-state index contributed by atoms with van der Waals surface area (Å²) in [5.41, 5.74) is 1.89. The Morgan fingerprint density at radius 2 is 1.56 bits per heavy atom. The van der Waals surface area contributed by atoms with E-state index in [0.29, 0.717) is 10.7 Å². The lowest BCUT2D eigenvalue weighted by molar-refractivity contribution is -0.123. The summed E-state index contributed by atoms with van der Waals surface area (Å²) in [5.74, 6) is -0.266. The van der Waals surface area contributed by atoms with Gasteiger partial charge in [-0.3, -0.25) is 19.4 Å². The highest BCUT2D eigenvalue weighted by Crippen LogP contribution is 2.27. The van der Waals surface area contributed by atoms with Gasteiger partial charge in [0.15, 0.2) is 0 Å². The Bertz CT molecular complexity index is 817. The third-order valence-corrected chi connectivity index (χ3v) is 5.56. The maximum absolute atomic E-state index is 12.9. The molecule has 0 aromatic heterocycles. The average molecular weight is 384 g/mol. The van der Waals surface area contributed by atoms with E-state index in [1.165, 1.54) is 10.5 Å². The van der Waals surface area contributed by atoms with Gasteiger partial charge in [-0.15, -0.1) is 0 Å². The van der Waals surface area contributed by atoms with Crippen LogP contribution in [0.1, 0.15) is 12.0 Å². The van der Waals surface area contributed by atoms with E-state index in [1.54, 1.807) is 24.3 Å².